The molecule has 0 saturated heterocycles. The Labute approximate surface area is 119 Å². The molecular formula is C14H13ClF3NO. The predicted molar refractivity (Wildman–Crippen MR) is 71.6 cm³/mol. The first kappa shape index (κ1) is 14.9. The summed E-state index contributed by atoms with van der Waals surface area (Å²) in [5.41, 5.74) is -0.841. The first-order chi connectivity index (χ1) is 9.36. The predicted octanol–water partition coefficient (Wildman–Crippen LogP) is 4.65. The average Bonchev–Trinajstić information content (AvgIpc) is 2.83. The number of carbonyl (C=O) groups excluding carboxylic acids is 1. The van der Waals surface area contributed by atoms with Gasteiger partial charge in [0, 0.05) is 12.1 Å². The van der Waals surface area contributed by atoms with E-state index in [1.54, 1.807) is 0 Å². The van der Waals surface area contributed by atoms with Crippen LogP contribution in [0.25, 0.3) is 0 Å². The van der Waals surface area contributed by atoms with Gasteiger partial charge in [-0.25, -0.2) is 0 Å². The minimum Gasteiger partial charge on any atom is -0.326 e. The Hall–Kier alpha value is -1.49. The van der Waals surface area contributed by atoms with Gasteiger partial charge in [0.25, 0.3) is 0 Å². The molecule has 1 aliphatic carbocycles. The smallest absolute Gasteiger partial charge is 0.326 e. The number of alkyl halides is 3. The van der Waals surface area contributed by atoms with Crippen LogP contribution in [-0.4, -0.2) is 5.91 Å². The number of hydrogen-bond acceptors (Lipinski definition) is 1. The molecule has 1 atom stereocenters. The highest BCUT2D eigenvalue weighted by molar-refractivity contribution is 6.31. The summed E-state index contributed by atoms with van der Waals surface area (Å²) in [6.45, 7) is 0. The Kier molecular flexibility index (Phi) is 4.38. The van der Waals surface area contributed by atoms with Crippen LogP contribution in [0.4, 0.5) is 18.9 Å². The van der Waals surface area contributed by atoms with Gasteiger partial charge in [-0.3, -0.25) is 4.79 Å². The highest BCUT2D eigenvalue weighted by Crippen LogP contribution is 2.36. The van der Waals surface area contributed by atoms with Gasteiger partial charge in [0.15, 0.2) is 0 Å². The van der Waals surface area contributed by atoms with E-state index in [1.807, 2.05) is 12.2 Å². The monoisotopic (exact) mass is 303 g/mol. The quantitative estimate of drug-likeness (QED) is 0.809. The summed E-state index contributed by atoms with van der Waals surface area (Å²) in [5, 5.41) is 2.10. The zero-order valence-electron chi connectivity index (χ0n) is 10.5. The molecule has 0 bridgehead atoms. The Morgan fingerprint density at radius 3 is 2.75 bits per heavy atom. The summed E-state index contributed by atoms with van der Waals surface area (Å²) >= 11 is 5.51. The second-order valence-corrected chi connectivity index (χ2v) is 5.12. The molecule has 0 radical (unpaired) electrons. The van der Waals surface area contributed by atoms with Gasteiger partial charge >= 0.3 is 6.18 Å². The standard InChI is InChI=1S/C14H13ClF3NO/c15-12-6-5-10(8-11(12)14(16,17)18)19-13(20)7-9-3-1-2-4-9/h1,3,5-6,8-9H,2,4,7H2,(H,19,20)/t9-/m1/s1. The highest BCUT2D eigenvalue weighted by Gasteiger charge is 2.33. The minimum absolute atomic E-state index is 0.105. The lowest BCUT2D eigenvalue weighted by Gasteiger charge is -2.12. The van der Waals surface area contributed by atoms with Gasteiger partial charge in [-0.2, -0.15) is 13.2 Å². The summed E-state index contributed by atoms with van der Waals surface area (Å²) in [5.74, 6) is -0.124. The van der Waals surface area contributed by atoms with Crippen LogP contribution in [0, 0.1) is 5.92 Å². The minimum atomic E-state index is -4.54. The lowest BCUT2D eigenvalue weighted by molar-refractivity contribution is -0.137. The van der Waals surface area contributed by atoms with Crippen molar-refractivity contribution in [2.45, 2.75) is 25.4 Å². The number of amides is 1. The molecule has 1 aromatic rings. The summed E-state index contributed by atoms with van der Waals surface area (Å²) in [7, 11) is 0. The van der Waals surface area contributed by atoms with Crippen LogP contribution in [0.2, 0.25) is 5.02 Å². The third-order valence-corrected chi connectivity index (χ3v) is 3.45. The van der Waals surface area contributed by atoms with E-state index in [-0.39, 0.29) is 29.0 Å². The van der Waals surface area contributed by atoms with Crippen LogP contribution >= 0.6 is 11.6 Å². The van der Waals surface area contributed by atoms with Crippen molar-refractivity contribution in [1.29, 1.82) is 0 Å². The maximum atomic E-state index is 12.7. The molecule has 0 heterocycles. The molecule has 2 nitrogen and oxygen atoms in total. The Balaban J connectivity index is 2.05. The van der Waals surface area contributed by atoms with E-state index in [1.165, 1.54) is 6.07 Å². The van der Waals surface area contributed by atoms with E-state index in [0.29, 0.717) is 0 Å². The molecule has 1 aliphatic rings. The number of rotatable bonds is 3. The average molecular weight is 304 g/mol. The summed E-state index contributed by atoms with van der Waals surface area (Å²) in [6.07, 6.45) is 1.55. The molecule has 1 amide bonds. The van der Waals surface area contributed by atoms with E-state index in [9.17, 15) is 18.0 Å². The third-order valence-electron chi connectivity index (χ3n) is 3.12. The maximum absolute atomic E-state index is 12.7. The van der Waals surface area contributed by atoms with E-state index < -0.39 is 11.7 Å². The normalized spacial score (nSPS) is 18.3. The molecule has 108 valence electrons. The number of hydrogen-bond donors (Lipinski definition) is 1. The number of nitrogens with one attached hydrogen (secondary N) is 1. The van der Waals surface area contributed by atoms with Crippen molar-refractivity contribution in [3.63, 3.8) is 0 Å². The molecule has 2 rings (SSSR count). The van der Waals surface area contributed by atoms with E-state index >= 15 is 0 Å². The topological polar surface area (TPSA) is 29.1 Å². The molecule has 0 aliphatic heterocycles. The largest absolute Gasteiger partial charge is 0.417 e. The Bertz CT molecular complexity index is 540. The fraction of sp³-hybridized carbons (Fsp3) is 0.357. The van der Waals surface area contributed by atoms with Gasteiger partial charge in [-0.15, -0.1) is 0 Å². The first-order valence-electron chi connectivity index (χ1n) is 6.19. The van der Waals surface area contributed by atoms with E-state index in [0.717, 1.165) is 25.0 Å². The number of benzene rings is 1. The van der Waals surface area contributed by atoms with Crippen LogP contribution in [-0.2, 0) is 11.0 Å². The van der Waals surface area contributed by atoms with E-state index in [4.69, 9.17) is 11.6 Å². The molecule has 1 aromatic carbocycles. The van der Waals surface area contributed by atoms with Crippen LogP contribution < -0.4 is 5.32 Å². The molecule has 0 unspecified atom stereocenters. The molecule has 20 heavy (non-hydrogen) atoms. The fourth-order valence-electron chi connectivity index (χ4n) is 2.14. The van der Waals surface area contributed by atoms with Crippen molar-refractivity contribution in [2.24, 2.45) is 5.92 Å². The lowest BCUT2D eigenvalue weighted by Crippen LogP contribution is -2.15. The van der Waals surface area contributed by atoms with E-state index in [2.05, 4.69) is 5.32 Å². The van der Waals surface area contributed by atoms with Crippen LogP contribution in [0.15, 0.2) is 30.4 Å². The Morgan fingerprint density at radius 2 is 2.15 bits per heavy atom. The summed E-state index contributed by atoms with van der Waals surface area (Å²) < 4.78 is 38.1. The molecule has 0 fully saturated rings. The molecular weight excluding hydrogens is 291 g/mol. The van der Waals surface area contributed by atoms with Gasteiger partial charge in [0.1, 0.15) is 0 Å². The highest BCUT2D eigenvalue weighted by atomic mass is 35.5. The van der Waals surface area contributed by atoms with Crippen molar-refractivity contribution >= 4 is 23.2 Å². The van der Waals surface area contributed by atoms with Crippen LogP contribution in [0.1, 0.15) is 24.8 Å². The van der Waals surface area contributed by atoms with Crippen molar-refractivity contribution in [2.75, 3.05) is 5.32 Å². The molecule has 0 saturated carbocycles. The maximum Gasteiger partial charge on any atom is 0.417 e. The zero-order chi connectivity index (χ0) is 14.8. The van der Waals surface area contributed by atoms with Crippen molar-refractivity contribution in [1.82, 2.24) is 0 Å². The van der Waals surface area contributed by atoms with Gasteiger partial charge in [-0.05, 0) is 37.0 Å². The number of carbonyl (C=O) groups is 1. The van der Waals surface area contributed by atoms with Crippen molar-refractivity contribution in [3.8, 4) is 0 Å². The molecule has 0 aromatic heterocycles. The van der Waals surface area contributed by atoms with Crippen molar-refractivity contribution < 1.29 is 18.0 Å². The summed E-state index contributed by atoms with van der Waals surface area (Å²) in [6, 6.07) is 3.35. The zero-order valence-corrected chi connectivity index (χ0v) is 11.3. The second kappa shape index (κ2) is 5.87. The number of halogens is 4. The van der Waals surface area contributed by atoms with Crippen LogP contribution in [0.5, 0.6) is 0 Å². The summed E-state index contributed by atoms with van der Waals surface area (Å²) in [4.78, 5) is 11.8. The Morgan fingerprint density at radius 1 is 1.40 bits per heavy atom. The van der Waals surface area contributed by atoms with Crippen LogP contribution in [0.3, 0.4) is 0 Å². The third kappa shape index (κ3) is 3.76. The molecule has 6 heteroatoms. The lowest BCUT2D eigenvalue weighted by atomic mass is 10.0. The second-order valence-electron chi connectivity index (χ2n) is 4.71. The molecule has 1 N–H and O–H groups in total. The van der Waals surface area contributed by atoms with Crippen molar-refractivity contribution in [3.05, 3.63) is 40.9 Å². The number of allylic oxidation sites excluding steroid dienone is 2. The van der Waals surface area contributed by atoms with Gasteiger partial charge in [-0.1, -0.05) is 23.8 Å². The number of anilines is 1. The van der Waals surface area contributed by atoms with Gasteiger partial charge in [0.05, 0.1) is 10.6 Å². The first-order valence-corrected chi connectivity index (χ1v) is 6.57. The van der Waals surface area contributed by atoms with Gasteiger partial charge in [0.2, 0.25) is 5.91 Å². The molecule has 0 spiro atoms. The van der Waals surface area contributed by atoms with Gasteiger partial charge < -0.3 is 5.32 Å². The SMILES string of the molecule is O=C(C[C@@H]1C=CCC1)Nc1ccc(Cl)c(C(F)(F)F)c1. The fourth-order valence-corrected chi connectivity index (χ4v) is 2.36.